The van der Waals surface area contributed by atoms with Crippen molar-refractivity contribution in [3.63, 3.8) is 0 Å². The molecule has 12 heteroatoms. The van der Waals surface area contributed by atoms with Crippen molar-refractivity contribution < 1.29 is 58.2 Å². The first kappa shape index (κ1) is 71.4. The molecule has 1 fully saturated rings. The third-order valence-corrected chi connectivity index (χ3v) is 14.0. The van der Waals surface area contributed by atoms with Gasteiger partial charge in [-0.25, -0.2) is 4.79 Å². The number of allylic oxidation sites excluding steroid dienone is 10. The normalized spacial score (nSPS) is 18.4. The molecule has 0 amide bonds. The molecule has 0 aromatic heterocycles. The Labute approximate surface area is 468 Å². The first-order valence-corrected chi connectivity index (χ1v) is 31.3. The Morgan fingerprint density at radius 3 is 1.27 bits per heavy atom. The number of ether oxygens (including phenoxy) is 5. The van der Waals surface area contributed by atoms with E-state index in [1.807, 2.05) is 0 Å². The number of rotatable bonds is 53. The molecule has 1 saturated heterocycles. The summed E-state index contributed by atoms with van der Waals surface area (Å²) in [5.41, 5.74) is 0. The Kier molecular flexibility index (Phi) is 49.2. The van der Waals surface area contributed by atoms with E-state index < -0.39 is 67.3 Å². The number of carbonyl (C=O) groups is 4. The van der Waals surface area contributed by atoms with Crippen LogP contribution in [-0.4, -0.2) is 89.2 Å². The smallest absolute Gasteiger partial charge is 0.335 e. The van der Waals surface area contributed by atoms with Crippen LogP contribution in [0.3, 0.4) is 0 Å². The number of esters is 3. The van der Waals surface area contributed by atoms with E-state index in [1.54, 1.807) is 0 Å². The fourth-order valence-electron chi connectivity index (χ4n) is 9.25. The van der Waals surface area contributed by atoms with Gasteiger partial charge in [-0.15, -0.1) is 0 Å². The van der Waals surface area contributed by atoms with Gasteiger partial charge >= 0.3 is 23.9 Å². The second kappa shape index (κ2) is 53.1. The number of aliphatic hydroxyl groups excluding tert-OH is 2. The maximum atomic E-state index is 13.2. The predicted molar refractivity (Wildman–Crippen MR) is 312 cm³/mol. The summed E-state index contributed by atoms with van der Waals surface area (Å²) in [6, 6.07) is 0. The lowest BCUT2D eigenvalue weighted by molar-refractivity contribution is -0.301. The van der Waals surface area contributed by atoms with Crippen molar-refractivity contribution in [3.05, 3.63) is 60.8 Å². The minimum atomic E-state index is -1.91. The highest BCUT2D eigenvalue weighted by atomic mass is 16.7. The summed E-state index contributed by atoms with van der Waals surface area (Å²) in [5.74, 6) is -3.13. The maximum absolute atomic E-state index is 13.2. The molecule has 0 saturated carbocycles. The van der Waals surface area contributed by atoms with Crippen molar-refractivity contribution in [3.8, 4) is 0 Å². The number of carboxylic acids is 1. The van der Waals surface area contributed by atoms with Crippen molar-refractivity contribution in [2.75, 3.05) is 13.2 Å². The van der Waals surface area contributed by atoms with Gasteiger partial charge in [0.05, 0.1) is 6.61 Å². The van der Waals surface area contributed by atoms with E-state index >= 15 is 0 Å². The summed E-state index contributed by atoms with van der Waals surface area (Å²) >= 11 is 0. The van der Waals surface area contributed by atoms with Crippen molar-refractivity contribution in [1.82, 2.24) is 0 Å². The fourth-order valence-corrected chi connectivity index (χ4v) is 9.25. The summed E-state index contributed by atoms with van der Waals surface area (Å²) < 4.78 is 28.5. The largest absolute Gasteiger partial charge is 0.479 e. The molecule has 0 aromatic rings. The molecule has 0 radical (unpaired) electrons. The minimum Gasteiger partial charge on any atom is -0.479 e. The van der Waals surface area contributed by atoms with Gasteiger partial charge in [-0.1, -0.05) is 216 Å². The number of unbranched alkanes of at least 4 members (excludes halogenated alkanes) is 29. The Balaban J connectivity index is 2.68. The standard InChI is InChI=1S/C65H112O12/c1-4-7-10-13-16-19-22-25-27-29-31-34-36-39-42-45-48-51-57(66)73-54-56(75-58(67)52-49-46-43-40-38-35-32-30-28-26-23-20-17-14-11-8-5-2)55-74-65-63(61(70)60(69)62(77-65)64(71)72)76-59(68)53-50-47-44-41-37-33-24-21-18-15-12-9-6-3/h7,10,16,19,21,24-28,56,60-63,65,69-70H,4-6,8-9,11-15,17-18,20,22-23,29-55H2,1-3H3,(H,71,72)/b10-7-,19-16-,24-21-,27-25-,28-26-. The molecule has 77 heavy (non-hydrogen) atoms. The maximum Gasteiger partial charge on any atom is 0.335 e. The molecule has 6 unspecified atom stereocenters. The van der Waals surface area contributed by atoms with E-state index in [0.717, 1.165) is 122 Å². The summed E-state index contributed by atoms with van der Waals surface area (Å²) in [6.45, 7) is 5.87. The molecule has 1 heterocycles. The zero-order chi connectivity index (χ0) is 56.1. The SMILES string of the molecule is CC/C=C\C/C=C\C/C=C\CCCCCCCCCC(=O)OCC(COC1OC(C(=O)O)C(O)C(O)C1OC(=O)CCCCCCC/C=C\CCCCCC)OC(=O)CCCCCCCCC/C=C\CCCCCCCC. The van der Waals surface area contributed by atoms with Gasteiger partial charge in [-0.3, -0.25) is 14.4 Å². The molecule has 0 bridgehead atoms. The third-order valence-electron chi connectivity index (χ3n) is 14.0. The predicted octanol–water partition coefficient (Wildman–Crippen LogP) is 16.3. The van der Waals surface area contributed by atoms with Gasteiger partial charge in [-0.05, 0) is 103 Å². The van der Waals surface area contributed by atoms with Gasteiger partial charge in [0.2, 0.25) is 0 Å². The molecular weight excluding hydrogens is 973 g/mol. The van der Waals surface area contributed by atoms with Crippen LogP contribution >= 0.6 is 0 Å². The van der Waals surface area contributed by atoms with Crippen LogP contribution in [0.15, 0.2) is 60.8 Å². The molecule has 6 atom stereocenters. The van der Waals surface area contributed by atoms with E-state index in [2.05, 4.69) is 81.5 Å². The molecule has 1 aliphatic rings. The van der Waals surface area contributed by atoms with Gasteiger partial charge in [0.25, 0.3) is 0 Å². The lowest BCUT2D eigenvalue weighted by Gasteiger charge is -2.40. The lowest BCUT2D eigenvalue weighted by atomic mass is 9.98. The Bertz CT molecular complexity index is 1570. The molecular formula is C65H112O12. The number of aliphatic hydroxyl groups is 2. The monoisotopic (exact) mass is 1080 g/mol. The lowest BCUT2D eigenvalue weighted by Crippen LogP contribution is -2.61. The highest BCUT2D eigenvalue weighted by molar-refractivity contribution is 5.74. The highest BCUT2D eigenvalue weighted by Gasteiger charge is 2.50. The fraction of sp³-hybridized carbons (Fsp3) is 0.785. The van der Waals surface area contributed by atoms with E-state index in [1.165, 1.54) is 96.3 Å². The van der Waals surface area contributed by atoms with Gasteiger partial charge < -0.3 is 39.0 Å². The molecule has 12 nitrogen and oxygen atoms in total. The minimum absolute atomic E-state index is 0.0491. The topological polar surface area (TPSA) is 175 Å². The van der Waals surface area contributed by atoms with Crippen molar-refractivity contribution >= 4 is 23.9 Å². The molecule has 0 aromatic carbocycles. The van der Waals surface area contributed by atoms with Crippen molar-refractivity contribution in [2.24, 2.45) is 0 Å². The number of hydrogen-bond acceptors (Lipinski definition) is 11. The van der Waals surface area contributed by atoms with Crippen LogP contribution in [0.2, 0.25) is 0 Å². The molecule has 0 aliphatic carbocycles. The van der Waals surface area contributed by atoms with Crippen LogP contribution in [0.25, 0.3) is 0 Å². The first-order chi connectivity index (χ1) is 37.6. The van der Waals surface area contributed by atoms with Gasteiger partial charge in [-0.2, -0.15) is 0 Å². The second-order valence-electron chi connectivity index (χ2n) is 21.3. The van der Waals surface area contributed by atoms with E-state index in [9.17, 15) is 34.5 Å². The molecule has 0 spiro atoms. The number of carbonyl (C=O) groups excluding carboxylic acids is 3. The van der Waals surface area contributed by atoms with Crippen molar-refractivity contribution in [2.45, 2.75) is 314 Å². The number of aliphatic carboxylic acids is 1. The number of hydrogen-bond donors (Lipinski definition) is 3. The van der Waals surface area contributed by atoms with Crippen LogP contribution in [0.1, 0.15) is 278 Å². The molecule has 1 aliphatic heterocycles. The van der Waals surface area contributed by atoms with E-state index in [4.69, 9.17) is 23.7 Å². The Morgan fingerprint density at radius 1 is 0.442 bits per heavy atom. The third kappa shape index (κ3) is 43.0. The zero-order valence-electron chi connectivity index (χ0n) is 49.0. The van der Waals surface area contributed by atoms with Gasteiger partial charge in [0.1, 0.15) is 18.8 Å². The summed E-state index contributed by atoms with van der Waals surface area (Å²) in [4.78, 5) is 51.2. The average Bonchev–Trinajstić information content (AvgIpc) is 3.42. The summed E-state index contributed by atoms with van der Waals surface area (Å²) in [6.07, 6.45) is 53.2. The van der Waals surface area contributed by atoms with Crippen LogP contribution in [0.4, 0.5) is 0 Å². The summed E-state index contributed by atoms with van der Waals surface area (Å²) in [5, 5.41) is 31.5. The van der Waals surface area contributed by atoms with Crippen LogP contribution in [-0.2, 0) is 42.9 Å². The molecule has 444 valence electrons. The quantitative estimate of drug-likeness (QED) is 0.0228. The van der Waals surface area contributed by atoms with Gasteiger partial charge in [0, 0.05) is 19.3 Å². The van der Waals surface area contributed by atoms with Crippen LogP contribution < -0.4 is 0 Å². The van der Waals surface area contributed by atoms with Crippen molar-refractivity contribution in [1.29, 1.82) is 0 Å². The average molecular weight is 1090 g/mol. The van der Waals surface area contributed by atoms with E-state index in [-0.39, 0.29) is 25.9 Å². The first-order valence-electron chi connectivity index (χ1n) is 31.3. The second-order valence-corrected chi connectivity index (χ2v) is 21.3. The number of carboxylic acid groups (broad SMARTS) is 1. The van der Waals surface area contributed by atoms with Crippen LogP contribution in [0.5, 0.6) is 0 Å². The highest BCUT2D eigenvalue weighted by Crippen LogP contribution is 2.26. The van der Waals surface area contributed by atoms with Gasteiger partial charge in [0.15, 0.2) is 24.6 Å². The molecule has 1 rings (SSSR count). The van der Waals surface area contributed by atoms with Crippen LogP contribution in [0, 0.1) is 0 Å². The van der Waals surface area contributed by atoms with E-state index in [0.29, 0.717) is 19.3 Å². The molecule has 3 N–H and O–H groups in total. The Morgan fingerprint density at radius 2 is 0.818 bits per heavy atom. The zero-order valence-corrected chi connectivity index (χ0v) is 49.0. The Hall–Kier alpha value is -3.58. The summed E-state index contributed by atoms with van der Waals surface area (Å²) in [7, 11) is 0.